The van der Waals surface area contributed by atoms with Crippen LogP contribution in [0, 0.1) is 12.8 Å². The zero-order chi connectivity index (χ0) is 25.9. The molecule has 0 aromatic heterocycles. The normalized spacial score (nSPS) is 16.3. The Bertz CT molecular complexity index is 1180. The van der Waals surface area contributed by atoms with Gasteiger partial charge in [0.05, 0.1) is 18.9 Å². The number of aryl methyl sites for hydroxylation is 1. The highest BCUT2D eigenvalue weighted by Crippen LogP contribution is 2.32. The molecule has 0 radical (unpaired) electrons. The van der Waals surface area contributed by atoms with Crippen LogP contribution in [0.2, 0.25) is 10.0 Å². The number of nitrogens with zero attached hydrogens (tertiary/aromatic N) is 1. The summed E-state index contributed by atoms with van der Waals surface area (Å²) in [4.78, 5) is 13.0. The Morgan fingerprint density at radius 2 is 1.77 bits per heavy atom. The molecule has 3 rings (SSSR count). The van der Waals surface area contributed by atoms with Gasteiger partial charge in [-0.3, -0.25) is 4.79 Å². The average molecular weight is 542 g/mol. The molecule has 0 spiro atoms. The van der Waals surface area contributed by atoms with Crippen molar-refractivity contribution in [3.05, 3.63) is 62.6 Å². The van der Waals surface area contributed by atoms with Crippen LogP contribution < -0.4 is 10.1 Å². The monoisotopic (exact) mass is 540 g/mol. The molecule has 192 valence electrons. The fourth-order valence-corrected chi connectivity index (χ4v) is 6.69. The first kappa shape index (κ1) is 27.8. The quantitative estimate of drug-likeness (QED) is 0.455. The average Bonchev–Trinajstić information content (AvgIpc) is 2.80. The van der Waals surface area contributed by atoms with E-state index in [1.54, 1.807) is 25.3 Å². The van der Waals surface area contributed by atoms with Gasteiger partial charge < -0.3 is 10.1 Å². The Balaban J connectivity index is 1.62. The Kier molecular flexibility index (Phi) is 9.13. The number of piperidine rings is 1. The van der Waals surface area contributed by atoms with Crippen LogP contribution in [0.15, 0.2) is 30.3 Å². The van der Waals surface area contributed by atoms with Gasteiger partial charge >= 0.3 is 0 Å². The highest BCUT2D eigenvalue weighted by molar-refractivity contribution is 7.88. The molecule has 0 bridgehead atoms. The van der Waals surface area contributed by atoms with E-state index < -0.39 is 10.0 Å². The van der Waals surface area contributed by atoms with E-state index in [4.69, 9.17) is 27.9 Å². The Hall–Kier alpha value is -1.80. The van der Waals surface area contributed by atoms with Gasteiger partial charge in [-0.05, 0) is 79.1 Å². The standard InChI is InChI=1S/C26H34Cl2N2O4S/c1-16(2)22-14-23(17(3)12-25(22)34-5)18(4)29-26(31)19-8-10-30(11-9-19)35(32,33)15-20-6-7-21(27)13-24(20)28/h6-7,12-14,16,18-19H,8-11,15H2,1-5H3,(H,29,31)/t18-/m1/s1. The zero-order valence-corrected chi connectivity index (χ0v) is 23.2. The van der Waals surface area contributed by atoms with E-state index in [9.17, 15) is 13.2 Å². The summed E-state index contributed by atoms with van der Waals surface area (Å²) in [6.45, 7) is 8.83. The summed E-state index contributed by atoms with van der Waals surface area (Å²) in [7, 11) is -1.88. The third kappa shape index (κ3) is 6.70. The van der Waals surface area contributed by atoms with Crippen molar-refractivity contribution < 1.29 is 17.9 Å². The maximum Gasteiger partial charge on any atom is 0.223 e. The van der Waals surface area contributed by atoms with E-state index in [1.807, 2.05) is 19.9 Å². The highest BCUT2D eigenvalue weighted by Gasteiger charge is 2.32. The molecular weight excluding hydrogens is 507 g/mol. The molecule has 1 atom stereocenters. The molecule has 1 aliphatic heterocycles. The van der Waals surface area contributed by atoms with Gasteiger partial charge in [0.2, 0.25) is 15.9 Å². The lowest BCUT2D eigenvalue weighted by Crippen LogP contribution is -2.43. The van der Waals surface area contributed by atoms with E-state index in [-0.39, 0.29) is 23.6 Å². The molecule has 1 heterocycles. The summed E-state index contributed by atoms with van der Waals surface area (Å²) in [6, 6.07) is 8.77. The van der Waals surface area contributed by atoms with Crippen molar-refractivity contribution in [2.45, 2.75) is 58.2 Å². The summed E-state index contributed by atoms with van der Waals surface area (Å²) in [5, 5.41) is 3.93. The van der Waals surface area contributed by atoms with Crippen LogP contribution in [0.25, 0.3) is 0 Å². The molecule has 35 heavy (non-hydrogen) atoms. The van der Waals surface area contributed by atoms with Crippen molar-refractivity contribution in [1.82, 2.24) is 9.62 Å². The second-order valence-electron chi connectivity index (χ2n) is 9.50. The number of hydrogen-bond donors (Lipinski definition) is 1. The van der Waals surface area contributed by atoms with E-state index >= 15 is 0 Å². The number of nitrogens with one attached hydrogen (secondary N) is 1. The first-order valence-corrected chi connectivity index (χ1v) is 14.2. The predicted octanol–water partition coefficient (Wildman–Crippen LogP) is 5.85. The summed E-state index contributed by atoms with van der Waals surface area (Å²) < 4.78 is 32.8. The Morgan fingerprint density at radius 3 is 2.34 bits per heavy atom. The lowest BCUT2D eigenvalue weighted by atomic mass is 9.92. The van der Waals surface area contributed by atoms with Gasteiger partial charge in [-0.25, -0.2) is 12.7 Å². The summed E-state index contributed by atoms with van der Waals surface area (Å²) in [5.41, 5.74) is 3.73. The van der Waals surface area contributed by atoms with E-state index in [0.29, 0.717) is 47.5 Å². The topological polar surface area (TPSA) is 75.7 Å². The molecule has 6 nitrogen and oxygen atoms in total. The van der Waals surface area contributed by atoms with E-state index in [1.165, 1.54) is 4.31 Å². The number of carbonyl (C=O) groups excluding carboxylic acids is 1. The molecule has 1 saturated heterocycles. The molecule has 0 saturated carbocycles. The molecule has 0 aliphatic carbocycles. The fraction of sp³-hybridized carbons (Fsp3) is 0.500. The maximum atomic E-state index is 13.0. The van der Waals surface area contributed by atoms with Gasteiger partial charge in [-0.2, -0.15) is 0 Å². The minimum absolute atomic E-state index is 0.0448. The third-order valence-electron chi connectivity index (χ3n) is 6.64. The maximum absolute atomic E-state index is 13.0. The molecular formula is C26H34Cl2N2O4S. The second-order valence-corrected chi connectivity index (χ2v) is 12.3. The highest BCUT2D eigenvalue weighted by atomic mass is 35.5. The number of rotatable bonds is 8. The fourth-order valence-electron chi connectivity index (χ4n) is 4.54. The van der Waals surface area contributed by atoms with E-state index in [2.05, 4.69) is 25.2 Å². The van der Waals surface area contributed by atoms with Crippen LogP contribution >= 0.6 is 23.2 Å². The van der Waals surface area contributed by atoms with Crippen LogP contribution in [-0.4, -0.2) is 38.8 Å². The second kappa shape index (κ2) is 11.5. The Labute approximate surface area is 219 Å². The molecule has 1 aliphatic rings. The van der Waals surface area contributed by atoms with Crippen LogP contribution in [0.1, 0.15) is 67.8 Å². The molecule has 1 fully saturated rings. The van der Waals surface area contributed by atoms with Gasteiger partial charge in [0.1, 0.15) is 5.75 Å². The Morgan fingerprint density at radius 1 is 1.11 bits per heavy atom. The van der Waals surface area contributed by atoms with Crippen molar-refractivity contribution in [2.75, 3.05) is 20.2 Å². The number of carbonyl (C=O) groups is 1. The minimum Gasteiger partial charge on any atom is -0.496 e. The molecule has 9 heteroatoms. The SMILES string of the molecule is COc1cc(C)c([C@@H](C)NC(=O)C2CCN(S(=O)(=O)Cc3ccc(Cl)cc3Cl)CC2)cc1C(C)C. The van der Waals surface area contributed by atoms with Crippen LogP contribution in [0.4, 0.5) is 0 Å². The number of hydrogen-bond acceptors (Lipinski definition) is 4. The lowest BCUT2D eigenvalue weighted by Gasteiger charge is -2.31. The first-order valence-electron chi connectivity index (χ1n) is 11.8. The van der Waals surface area contributed by atoms with Crippen LogP contribution in [0.3, 0.4) is 0 Å². The van der Waals surface area contributed by atoms with Crippen molar-refractivity contribution >= 4 is 39.1 Å². The molecule has 2 aromatic rings. The van der Waals surface area contributed by atoms with Gasteiger partial charge in [-0.1, -0.05) is 43.1 Å². The lowest BCUT2D eigenvalue weighted by molar-refractivity contribution is -0.126. The van der Waals surface area contributed by atoms with Crippen molar-refractivity contribution in [3.8, 4) is 5.75 Å². The number of amides is 1. The molecule has 1 amide bonds. The van der Waals surface area contributed by atoms with E-state index in [0.717, 1.165) is 22.4 Å². The summed E-state index contributed by atoms with van der Waals surface area (Å²) in [6.07, 6.45) is 0.954. The third-order valence-corrected chi connectivity index (χ3v) is 9.05. The van der Waals surface area contributed by atoms with Crippen molar-refractivity contribution in [1.29, 1.82) is 0 Å². The van der Waals surface area contributed by atoms with Gasteiger partial charge in [0.25, 0.3) is 0 Å². The summed E-state index contributed by atoms with van der Waals surface area (Å²) >= 11 is 12.1. The van der Waals surface area contributed by atoms with Gasteiger partial charge in [0.15, 0.2) is 0 Å². The molecule has 1 N–H and O–H groups in total. The van der Waals surface area contributed by atoms with Crippen molar-refractivity contribution in [3.63, 3.8) is 0 Å². The largest absolute Gasteiger partial charge is 0.496 e. The first-order chi connectivity index (χ1) is 16.4. The molecule has 2 aromatic carbocycles. The van der Waals surface area contributed by atoms with Crippen LogP contribution in [-0.2, 0) is 20.6 Å². The smallest absolute Gasteiger partial charge is 0.223 e. The predicted molar refractivity (Wildman–Crippen MR) is 142 cm³/mol. The number of benzene rings is 2. The number of sulfonamides is 1. The minimum atomic E-state index is -3.55. The number of methoxy groups -OCH3 is 1. The molecule has 0 unspecified atom stereocenters. The number of halogens is 2. The zero-order valence-electron chi connectivity index (χ0n) is 20.9. The van der Waals surface area contributed by atoms with Crippen LogP contribution in [0.5, 0.6) is 5.75 Å². The van der Waals surface area contributed by atoms with Gasteiger partial charge in [0, 0.05) is 29.1 Å². The number of ether oxygens (including phenoxy) is 1. The summed E-state index contributed by atoms with van der Waals surface area (Å²) in [5.74, 6) is 0.684. The van der Waals surface area contributed by atoms with Crippen molar-refractivity contribution in [2.24, 2.45) is 5.92 Å². The van der Waals surface area contributed by atoms with Gasteiger partial charge in [-0.15, -0.1) is 0 Å².